The highest BCUT2D eigenvalue weighted by Crippen LogP contribution is 2.27. The van der Waals surface area contributed by atoms with Crippen LogP contribution in [0.4, 0.5) is 0 Å². The van der Waals surface area contributed by atoms with Crippen LogP contribution in [0.3, 0.4) is 0 Å². The lowest BCUT2D eigenvalue weighted by atomic mass is 9.81. The van der Waals surface area contributed by atoms with E-state index in [1.54, 1.807) is 0 Å². The molecule has 2 aromatic carbocycles. The van der Waals surface area contributed by atoms with Crippen LogP contribution >= 0.6 is 0 Å². The molecule has 21 heavy (non-hydrogen) atoms. The first kappa shape index (κ1) is 15.1. The molecule has 0 spiro atoms. The Morgan fingerprint density at radius 3 is 2.24 bits per heavy atom. The molecule has 108 valence electrons. The van der Waals surface area contributed by atoms with Crippen molar-refractivity contribution in [1.29, 1.82) is 5.26 Å². The van der Waals surface area contributed by atoms with Crippen molar-refractivity contribution in [3.05, 3.63) is 65.2 Å². The molecule has 2 aromatic rings. The molecular weight excluding hydrogens is 258 g/mol. The van der Waals surface area contributed by atoms with Crippen molar-refractivity contribution in [3.8, 4) is 11.8 Å². The van der Waals surface area contributed by atoms with Gasteiger partial charge in [-0.3, -0.25) is 0 Å². The summed E-state index contributed by atoms with van der Waals surface area (Å²) in [5.41, 5.74) is 2.91. The van der Waals surface area contributed by atoms with E-state index in [0.717, 1.165) is 11.3 Å². The lowest BCUT2D eigenvalue weighted by molar-refractivity contribution is 0.285. The first-order valence-corrected chi connectivity index (χ1v) is 7.21. The van der Waals surface area contributed by atoms with Crippen molar-refractivity contribution in [2.24, 2.45) is 0 Å². The summed E-state index contributed by atoms with van der Waals surface area (Å²) in [5, 5.41) is 9.52. The monoisotopic (exact) mass is 279 g/mol. The van der Waals surface area contributed by atoms with E-state index in [-0.39, 0.29) is 0 Å². The van der Waals surface area contributed by atoms with Crippen LogP contribution in [0.15, 0.2) is 48.5 Å². The Kier molecular flexibility index (Phi) is 4.65. The third-order valence-corrected chi connectivity index (χ3v) is 3.72. The van der Waals surface area contributed by atoms with E-state index in [4.69, 9.17) is 4.74 Å². The number of ether oxygens (including phenoxy) is 1. The van der Waals surface area contributed by atoms with Gasteiger partial charge in [0.25, 0.3) is 0 Å². The van der Waals surface area contributed by atoms with Gasteiger partial charge >= 0.3 is 0 Å². The van der Waals surface area contributed by atoms with Gasteiger partial charge in [0.15, 0.2) is 0 Å². The molecule has 0 bridgehead atoms. The van der Waals surface area contributed by atoms with Gasteiger partial charge in [-0.25, -0.2) is 0 Å². The SMILES string of the molecule is Cc1cc(C)cc(OCCC(C)(C#N)c2ccccc2)c1. The molecular formula is C19H21NO. The van der Waals surface area contributed by atoms with Crippen LogP contribution < -0.4 is 4.74 Å². The molecule has 0 aliphatic heterocycles. The van der Waals surface area contributed by atoms with Gasteiger partial charge in [-0.2, -0.15) is 5.26 Å². The number of nitrogens with zero attached hydrogens (tertiary/aromatic N) is 1. The smallest absolute Gasteiger partial charge is 0.119 e. The second-order valence-corrected chi connectivity index (χ2v) is 5.73. The normalized spacial score (nSPS) is 13.2. The predicted molar refractivity (Wildman–Crippen MR) is 85.4 cm³/mol. The maximum atomic E-state index is 9.52. The Morgan fingerprint density at radius 2 is 1.67 bits per heavy atom. The summed E-state index contributed by atoms with van der Waals surface area (Å²) in [7, 11) is 0. The fourth-order valence-electron chi connectivity index (χ4n) is 2.46. The van der Waals surface area contributed by atoms with E-state index >= 15 is 0 Å². The molecule has 0 saturated heterocycles. The fourth-order valence-corrected chi connectivity index (χ4v) is 2.46. The first-order chi connectivity index (χ1) is 10.0. The minimum atomic E-state index is -0.514. The molecule has 0 saturated carbocycles. The standard InChI is InChI=1S/C19H21NO/c1-15-11-16(2)13-18(12-15)21-10-9-19(3,14-20)17-7-5-4-6-8-17/h4-8,11-13H,9-10H2,1-3H3. The zero-order valence-electron chi connectivity index (χ0n) is 12.9. The van der Waals surface area contributed by atoms with Crippen molar-refractivity contribution < 1.29 is 4.74 Å². The Balaban J connectivity index is 2.03. The molecule has 0 N–H and O–H groups in total. The highest BCUT2D eigenvalue weighted by molar-refractivity contribution is 5.33. The van der Waals surface area contributed by atoms with Gasteiger partial charge < -0.3 is 4.74 Å². The van der Waals surface area contributed by atoms with E-state index in [2.05, 4.69) is 26.0 Å². The van der Waals surface area contributed by atoms with E-state index in [1.807, 2.05) is 49.4 Å². The summed E-state index contributed by atoms with van der Waals surface area (Å²) in [4.78, 5) is 0. The highest BCUT2D eigenvalue weighted by atomic mass is 16.5. The Labute approximate surface area is 127 Å². The van der Waals surface area contributed by atoms with Gasteiger partial charge in [0, 0.05) is 6.42 Å². The predicted octanol–water partition coefficient (Wildman–Crippen LogP) is 4.55. The molecule has 1 atom stereocenters. The lowest BCUT2D eigenvalue weighted by Gasteiger charge is -2.22. The van der Waals surface area contributed by atoms with Crippen molar-refractivity contribution >= 4 is 0 Å². The van der Waals surface area contributed by atoms with E-state index in [1.165, 1.54) is 11.1 Å². The molecule has 0 aliphatic carbocycles. The molecule has 0 amide bonds. The average molecular weight is 279 g/mol. The molecule has 2 nitrogen and oxygen atoms in total. The summed E-state index contributed by atoms with van der Waals surface area (Å²) in [6, 6.07) is 18.5. The lowest BCUT2D eigenvalue weighted by Crippen LogP contribution is -2.22. The minimum absolute atomic E-state index is 0.514. The second kappa shape index (κ2) is 6.45. The molecule has 0 radical (unpaired) electrons. The Bertz CT molecular complexity index is 622. The largest absolute Gasteiger partial charge is 0.494 e. The van der Waals surface area contributed by atoms with Gasteiger partial charge in [0.2, 0.25) is 0 Å². The minimum Gasteiger partial charge on any atom is -0.494 e. The van der Waals surface area contributed by atoms with Gasteiger partial charge in [-0.15, -0.1) is 0 Å². The second-order valence-electron chi connectivity index (χ2n) is 5.73. The van der Waals surface area contributed by atoms with E-state index in [9.17, 15) is 5.26 Å². The number of aryl methyl sites for hydroxylation is 2. The van der Waals surface area contributed by atoms with Crippen LogP contribution in [0.5, 0.6) is 5.75 Å². The third-order valence-electron chi connectivity index (χ3n) is 3.72. The number of nitriles is 1. The molecule has 2 heteroatoms. The van der Waals surface area contributed by atoms with Gasteiger partial charge in [0.05, 0.1) is 18.1 Å². The van der Waals surface area contributed by atoms with E-state index < -0.39 is 5.41 Å². The zero-order valence-corrected chi connectivity index (χ0v) is 12.9. The number of hydrogen-bond acceptors (Lipinski definition) is 2. The van der Waals surface area contributed by atoms with E-state index in [0.29, 0.717) is 13.0 Å². The Morgan fingerprint density at radius 1 is 1.05 bits per heavy atom. The van der Waals surface area contributed by atoms with Crippen LogP contribution in [0.1, 0.15) is 30.0 Å². The van der Waals surface area contributed by atoms with Crippen LogP contribution in [0.2, 0.25) is 0 Å². The van der Waals surface area contributed by atoms with Gasteiger partial charge in [-0.05, 0) is 49.6 Å². The quantitative estimate of drug-likeness (QED) is 0.804. The average Bonchev–Trinajstić information content (AvgIpc) is 2.47. The van der Waals surface area contributed by atoms with Crippen molar-refractivity contribution in [1.82, 2.24) is 0 Å². The first-order valence-electron chi connectivity index (χ1n) is 7.21. The maximum Gasteiger partial charge on any atom is 0.119 e. The third kappa shape index (κ3) is 3.86. The van der Waals surface area contributed by atoms with Crippen LogP contribution in [-0.2, 0) is 5.41 Å². The van der Waals surface area contributed by atoms with Crippen LogP contribution in [-0.4, -0.2) is 6.61 Å². The summed E-state index contributed by atoms with van der Waals surface area (Å²) in [6.07, 6.45) is 0.667. The van der Waals surface area contributed by atoms with Gasteiger partial charge in [0.1, 0.15) is 5.75 Å². The van der Waals surface area contributed by atoms with Crippen LogP contribution in [0, 0.1) is 25.2 Å². The summed E-state index contributed by atoms with van der Waals surface area (Å²) in [6.45, 7) is 6.61. The molecule has 1 unspecified atom stereocenters. The molecule has 0 aliphatic rings. The molecule has 0 heterocycles. The van der Waals surface area contributed by atoms with Crippen molar-refractivity contribution in [2.75, 3.05) is 6.61 Å². The molecule has 2 rings (SSSR count). The molecule has 0 aromatic heterocycles. The zero-order chi connectivity index (χ0) is 15.3. The summed E-state index contributed by atoms with van der Waals surface area (Å²) >= 11 is 0. The number of hydrogen-bond donors (Lipinski definition) is 0. The van der Waals surface area contributed by atoms with Crippen molar-refractivity contribution in [3.63, 3.8) is 0 Å². The fraction of sp³-hybridized carbons (Fsp3) is 0.316. The highest BCUT2D eigenvalue weighted by Gasteiger charge is 2.26. The van der Waals surface area contributed by atoms with Crippen LogP contribution in [0.25, 0.3) is 0 Å². The molecule has 0 fully saturated rings. The summed E-state index contributed by atoms with van der Waals surface area (Å²) < 4.78 is 5.84. The number of rotatable bonds is 5. The topological polar surface area (TPSA) is 33.0 Å². The van der Waals surface area contributed by atoms with Gasteiger partial charge in [-0.1, -0.05) is 36.4 Å². The maximum absolute atomic E-state index is 9.52. The number of benzene rings is 2. The Hall–Kier alpha value is -2.27. The summed E-state index contributed by atoms with van der Waals surface area (Å²) in [5.74, 6) is 0.876. The van der Waals surface area contributed by atoms with Crippen molar-refractivity contribution in [2.45, 2.75) is 32.6 Å².